The third-order valence-electron chi connectivity index (χ3n) is 6.04. The van der Waals surface area contributed by atoms with Gasteiger partial charge in [-0.15, -0.1) is 0 Å². The lowest BCUT2D eigenvalue weighted by Crippen LogP contribution is -2.32. The molecule has 11 heteroatoms. The van der Waals surface area contributed by atoms with Gasteiger partial charge in [-0.1, -0.05) is 6.42 Å². The first-order valence-corrected chi connectivity index (χ1v) is 12.0. The zero-order valence-corrected chi connectivity index (χ0v) is 18.8. The number of rotatable bonds is 11. The van der Waals surface area contributed by atoms with Crippen LogP contribution in [0.5, 0.6) is 0 Å². The van der Waals surface area contributed by atoms with Crippen LogP contribution in [0, 0.1) is 5.82 Å². The second kappa shape index (κ2) is 9.86. The first-order valence-electron chi connectivity index (χ1n) is 10.4. The Morgan fingerprint density at radius 3 is 2.34 bits per heavy atom. The van der Waals surface area contributed by atoms with Crippen molar-refractivity contribution in [3.05, 3.63) is 29.1 Å². The van der Waals surface area contributed by atoms with Crippen LogP contribution < -0.4 is 0 Å². The molecule has 0 aliphatic carbocycles. The molecule has 1 atom stereocenters. The molecule has 0 amide bonds. The molecule has 2 N–H and O–H groups in total. The van der Waals surface area contributed by atoms with Crippen LogP contribution in [-0.2, 0) is 26.5 Å². The van der Waals surface area contributed by atoms with Crippen LogP contribution in [0.4, 0.5) is 23.2 Å². The Hall–Kier alpha value is -2.01. The van der Waals surface area contributed by atoms with E-state index in [0.717, 1.165) is 6.07 Å². The van der Waals surface area contributed by atoms with Gasteiger partial charge in [-0.2, -0.15) is 26.2 Å². The van der Waals surface area contributed by atoms with Gasteiger partial charge in [-0.25, -0.2) is 4.39 Å². The third kappa shape index (κ3) is 6.28. The van der Waals surface area contributed by atoms with Gasteiger partial charge in [-0.3, -0.25) is 9.35 Å². The molecule has 1 unspecified atom stereocenters. The Balaban J connectivity index is 2.39. The molecule has 32 heavy (non-hydrogen) atoms. The normalized spacial score (nSPS) is 18.8. The van der Waals surface area contributed by atoms with Crippen LogP contribution in [0.25, 0.3) is 0 Å². The zero-order valence-electron chi connectivity index (χ0n) is 18.0. The molecule has 0 radical (unpaired) electrons. The number of nitrogens with zero attached hydrogens (tertiary/aromatic N) is 1. The Morgan fingerprint density at radius 2 is 1.78 bits per heavy atom. The quantitative estimate of drug-likeness (QED) is 0.202. The highest BCUT2D eigenvalue weighted by Gasteiger charge is 2.52. The van der Waals surface area contributed by atoms with E-state index in [0.29, 0.717) is 37.6 Å². The fourth-order valence-corrected chi connectivity index (χ4v) is 4.92. The number of halogens is 4. The number of carbonyl (C=O) groups is 1. The number of carboxylic acid groups (broad SMARTS) is 1. The summed E-state index contributed by atoms with van der Waals surface area (Å²) in [5.74, 6) is -2.42. The molecular formula is C21H28F4NO5S+. The highest BCUT2D eigenvalue weighted by Crippen LogP contribution is 2.49. The predicted molar refractivity (Wildman–Crippen MR) is 111 cm³/mol. The summed E-state index contributed by atoms with van der Waals surface area (Å²) < 4.78 is 88.2. The molecule has 1 aromatic rings. The molecule has 0 aromatic heterocycles. The van der Waals surface area contributed by atoms with Crippen molar-refractivity contribution in [2.75, 3.05) is 12.3 Å². The Bertz CT molecular complexity index is 1000. The van der Waals surface area contributed by atoms with E-state index in [1.165, 1.54) is 0 Å². The lowest BCUT2D eigenvalue weighted by molar-refractivity contribution is -0.440. The van der Waals surface area contributed by atoms with Crippen molar-refractivity contribution in [2.45, 2.75) is 70.4 Å². The van der Waals surface area contributed by atoms with Crippen molar-refractivity contribution in [2.24, 2.45) is 0 Å². The van der Waals surface area contributed by atoms with Crippen LogP contribution in [-0.4, -0.2) is 46.6 Å². The maximum atomic E-state index is 14.2. The zero-order chi connectivity index (χ0) is 24.3. The fraction of sp³-hybridized carbons (Fsp3) is 0.619. The van der Waals surface area contributed by atoms with Crippen molar-refractivity contribution in [1.82, 2.24) is 0 Å². The number of hydrogen-bond donors (Lipinski definition) is 2. The number of carboxylic acids is 1. The van der Waals surface area contributed by atoms with E-state index in [-0.39, 0.29) is 36.9 Å². The van der Waals surface area contributed by atoms with Crippen LogP contribution in [0.15, 0.2) is 12.1 Å². The van der Waals surface area contributed by atoms with E-state index >= 15 is 0 Å². The summed E-state index contributed by atoms with van der Waals surface area (Å²) in [5.41, 5.74) is -1.48. The van der Waals surface area contributed by atoms with Gasteiger partial charge >= 0.3 is 12.1 Å². The Kier molecular flexibility index (Phi) is 8.09. The largest absolute Gasteiger partial charge is 0.481 e. The SMILES string of the molecule is CC1=[N+](CCCCCC(=O)O)c2cc(F)cc(C(F)(F)F)c2C1(C)CCCCS(=O)(=O)O. The van der Waals surface area contributed by atoms with Gasteiger partial charge in [0.15, 0.2) is 5.71 Å². The standard InChI is InChI=1S/C21H27F4NO5S/c1-14-20(2,9-5-7-11-32(29,30)31)19-16(21(23,24)25)12-15(22)13-17(19)26(14)10-6-3-4-8-18(27)28/h12-13H,3-11H2,1-2H3,(H-,27,28,29,30,31)/p+1. The van der Waals surface area contributed by atoms with Crippen LogP contribution in [0.3, 0.4) is 0 Å². The summed E-state index contributed by atoms with van der Waals surface area (Å²) in [7, 11) is -4.17. The topological polar surface area (TPSA) is 94.7 Å². The van der Waals surface area contributed by atoms with Crippen LogP contribution >= 0.6 is 0 Å². The van der Waals surface area contributed by atoms with Crippen molar-refractivity contribution in [3.63, 3.8) is 0 Å². The molecular weight excluding hydrogens is 454 g/mol. The number of hydrogen-bond acceptors (Lipinski definition) is 3. The van der Waals surface area contributed by atoms with Crippen molar-refractivity contribution < 1.29 is 45.0 Å². The minimum Gasteiger partial charge on any atom is -0.481 e. The lowest BCUT2D eigenvalue weighted by Gasteiger charge is -2.25. The molecule has 0 saturated heterocycles. The molecule has 6 nitrogen and oxygen atoms in total. The first-order chi connectivity index (χ1) is 14.7. The number of fused-ring (bicyclic) bond motifs is 1. The summed E-state index contributed by atoms with van der Waals surface area (Å²) in [4.78, 5) is 10.7. The van der Waals surface area contributed by atoms with E-state index in [4.69, 9.17) is 9.66 Å². The van der Waals surface area contributed by atoms with E-state index in [2.05, 4.69) is 0 Å². The van der Waals surface area contributed by atoms with Crippen LogP contribution in [0.2, 0.25) is 0 Å². The molecule has 0 saturated carbocycles. The second-order valence-electron chi connectivity index (χ2n) is 8.36. The molecule has 0 bridgehead atoms. The van der Waals surface area contributed by atoms with E-state index in [1.807, 2.05) is 0 Å². The van der Waals surface area contributed by atoms with Gasteiger partial charge in [0.25, 0.3) is 10.1 Å². The summed E-state index contributed by atoms with van der Waals surface area (Å²) in [5, 5.41) is 8.74. The Morgan fingerprint density at radius 1 is 1.12 bits per heavy atom. The van der Waals surface area contributed by atoms with Crippen LogP contribution in [0.1, 0.15) is 69.9 Å². The number of alkyl halides is 3. The highest BCUT2D eigenvalue weighted by atomic mass is 32.2. The molecule has 180 valence electrons. The highest BCUT2D eigenvalue weighted by molar-refractivity contribution is 7.85. The average molecular weight is 483 g/mol. The third-order valence-corrected chi connectivity index (χ3v) is 6.84. The smallest absolute Gasteiger partial charge is 0.417 e. The number of benzene rings is 1. The monoisotopic (exact) mass is 482 g/mol. The lowest BCUT2D eigenvalue weighted by atomic mass is 9.74. The number of aliphatic carboxylic acids is 1. The van der Waals surface area contributed by atoms with Gasteiger partial charge in [0.2, 0.25) is 5.69 Å². The van der Waals surface area contributed by atoms with Crippen molar-refractivity contribution in [1.29, 1.82) is 0 Å². The van der Waals surface area contributed by atoms with Gasteiger partial charge in [0.1, 0.15) is 12.4 Å². The van der Waals surface area contributed by atoms with Gasteiger partial charge in [0, 0.05) is 25.8 Å². The molecule has 1 aromatic carbocycles. The van der Waals surface area contributed by atoms with E-state index < -0.39 is 44.8 Å². The molecule has 1 aliphatic rings. The summed E-state index contributed by atoms with van der Waals surface area (Å²) in [6, 6.07) is 1.56. The minimum absolute atomic E-state index is 0.00237. The first kappa shape index (κ1) is 26.2. The van der Waals surface area contributed by atoms with Gasteiger partial charge in [0.05, 0.1) is 22.3 Å². The summed E-state index contributed by atoms with van der Waals surface area (Å²) >= 11 is 0. The van der Waals surface area contributed by atoms with E-state index in [9.17, 15) is 30.8 Å². The molecule has 0 spiro atoms. The molecule has 0 fully saturated rings. The van der Waals surface area contributed by atoms with Crippen molar-refractivity contribution >= 4 is 27.5 Å². The van der Waals surface area contributed by atoms with E-state index in [1.54, 1.807) is 18.4 Å². The second-order valence-corrected chi connectivity index (χ2v) is 9.93. The molecule has 1 aliphatic heterocycles. The maximum Gasteiger partial charge on any atom is 0.417 e. The summed E-state index contributed by atoms with van der Waals surface area (Å²) in [6.45, 7) is 3.62. The molecule has 2 rings (SSSR count). The van der Waals surface area contributed by atoms with Gasteiger partial charge < -0.3 is 5.11 Å². The van der Waals surface area contributed by atoms with Gasteiger partial charge in [-0.05, 0) is 38.7 Å². The van der Waals surface area contributed by atoms with Crippen molar-refractivity contribution in [3.8, 4) is 0 Å². The predicted octanol–water partition coefficient (Wildman–Crippen LogP) is 4.92. The maximum absolute atomic E-state index is 14.2. The Labute approximate surface area is 184 Å². The minimum atomic E-state index is -4.78. The summed E-state index contributed by atoms with van der Waals surface area (Å²) in [6.07, 6.45) is -2.77. The fourth-order valence-electron chi connectivity index (χ4n) is 4.35. The molecule has 1 heterocycles. The average Bonchev–Trinajstić information content (AvgIpc) is 2.84. The number of unbranched alkanes of at least 4 members (excludes halogenated alkanes) is 3.